The smallest absolute Gasteiger partial charge is 0.306 e. The summed E-state index contributed by atoms with van der Waals surface area (Å²) in [6.45, 7) is 6.36. The summed E-state index contributed by atoms with van der Waals surface area (Å²) in [5.74, 6) is -0.979. The summed E-state index contributed by atoms with van der Waals surface area (Å²) >= 11 is 0. The fourth-order valence-electron chi connectivity index (χ4n) is 8.12. The van der Waals surface area contributed by atoms with Gasteiger partial charge in [0.15, 0.2) is 6.10 Å². The van der Waals surface area contributed by atoms with Gasteiger partial charge in [0.25, 0.3) is 0 Å². The van der Waals surface area contributed by atoms with Crippen molar-refractivity contribution in [2.75, 3.05) is 13.2 Å². The number of hydrogen-bond acceptors (Lipinski definition) is 6. The van der Waals surface area contributed by atoms with Crippen molar-refractivity contribution >= 4 is 17.9 Å². The Hall–Kier alpha value is -4.45. The van der Waals surface area contributed by atoms with Crippen LogP contribution in [-0.4, -0.2) is 37.2 Å². The molecule has 0 radical (unpaired) electrons. The van der Waals surface area contributed by atoms with Crippen LogP contribution in [-0.2, 0) is 28.6 Å². The summed E-state index contributed by atoms with van der Waals surface area (Å²) in [5, 5.41) is 0. The molecule has 0 saturated heterocycles. The summed E-state index contributed by atoms with van der Waals surface area (Å²) in [6, 6.07) is 0. The van der Waals surface area contributed by atoms with Crippen LogP contribution in [0, 0.1) is 0 Å². The third kappa shape index (κ3) is 60.3. The molecule has 424 valence electrons. The van der Waals surface area contributed by atoms with Crippen LogP contribution in [0.25, 0.3) is 0 Å². The van der Waals surface area contributed by atoms with Gasteiger partial charge in [-0.15, -0.1) is 0 Å². The second-order valence-electron chi connectivity index (χ2n) is 19.9. The van der Waals surface area contributed by atoms with Crippen LogP contribution < -0.4 is 0 Å². The van der Waals surface area contributed by atoms with Crippen molar-refractivity contribution in [2.24, 2.45) is 0 Å². The highest BCUT2D eigenvalue weighted by molar-refractivity contribution is 5.71. The highest BCUT2D eigenvalue weighted by atomic mass is 16.6. The van der Waals surface area contributed by atoms with Crippen molar-refractivity contribution < 1.29 is 28.6 Å². The largest absolute Gasteiger partial charge is 0.462 e. The van der Waals surface area contributed by atoms with E-state index in [2.05, 4.69) is 154 Å². The van der Waals surface area contributed by atoms with Gasteiger partial charge in [-0.2, -0.15) is 0 Å². The summed E-state index contributed by atoms with van der Waals surface area (Å²) in [4.78, 5) is 38.2. The van der Waals surface area contributed by atoms with Crippen molar-refractivity contribution in [3.63, 3.8) is 0 Å². The van der Waals surface area contributed by atoms with E-state index < -0.39 is 6.10 Å². The quantitative estimate of drug-likeness (QED) is 0.0261. The SMILES string of the molecule is CC/C=C\C/C=C\C/C=C\C/C=C\C/C=C\C/C=C\C/C=C\C/C=C\CCCCC(=O)OCC(COC(=O)CCCCC/C=C\C/C=C\C/C=C\CC)OC(=O)CCCCCCCCCCCCCCCCCCC. The van der Waals surface area contributed by atoms with Gasteiger partial charge >= 0.3 is 17.9 Å². The van der Waals surface area contributed by atoms with Gasteiger partial charge < -0.3 is 14.2 Å². The fourth-order valence-corrected chi connectivity index (χ4v) is 8.12. The minimum Gasteiger partial charge on any atom is -0.462 e. The van der Waals surface area contributed by atoms with Crippen molar-refractivity contribution in [2.45, 2.75) is 271 Å². The molecule has 0 rings (SSSR count). The Balaban J connectivity index is 4.45. The van der Waals surface area contributed by atoms with Gasteiger partial charge in [0.2, 0.25) is 0 Å². The molecular formula is C69H112O6. The molecule has 0 aliphatic heterocycles. The Kier molecular flexibility index (Phi) is 58.4. The number of carbonyl (C=O) groups is 3. The molecule has 0 aromatic rings. The van der Waals surface area contributed by atoms with Gasteiger partial charge in [-0.25, -0.2) is 0 Å². The molecule has 0 aliphatic rings. The number of ether oxygens (including phenoxy) is 3. The zero-order valence-corrected chi connectivity index (χ0v) is 48.5. The Bertz CT molecular complexity index is 1620. The minimum absolute atomic E-state index is 0.109. The number of rotatable bonds is 54. The van der Waals surface area contributed by atoms with Gasteiger partial charge in [-0.3, -0.25) is 14.4 Å². The van der Waals surface area contributed by atoms with Crippen LogP contribution >= 0.6 is 0 Å². The van der Waals surface area contributed by atoms with E-state index in [1.54, 1.807) is 0 Å². The summed E-state index contributed by atoms with van der Waals surface area (Å²) in [6.07, 6.45) is 87.4. The molecule has 0 N–H and O–H groups in total. The number of carbonyl (C=O) groups excluding carboxylic acids is 3. The van der Waals surface area contributed by atoms with Gasteiger partial charge in [0, 0.05) is 19.3 Å². The number of unbranched alkanes of at least 4 members (excludes halogenated alkanes) is 21. The standard InChI is InChI=1S/C69H112O6/c1-4-7-10-13-16-19-22-25-27-29-30-31-32-33-34-35-36-37-38-40-41-44-47-50-53-56-59-62-68(71)74-65-66(64-73-67(70)61-58-55-52-49-46-43-24-21-18-15-12-9-6-3)75-69(72)63-60-57-54-51-48-45-42-39-28-26-23-20-17-14-11-8-5-2/h7,9-10,12,16,18-19,21,25,27,30-31,33-34,36-37,40-41,43,46-47,50,66H,4-6,8,11,13-15,17,20,22-24,26,28-29,32,35,38-39,42,44-45,48-49,51-65H2,1-3H3/b10-7-,12-9-,19-16-,21-18-,27-25-,31-30-,34-33-,37-36-,41-40-,46-43-,50-47-. The average Bonchev–Trinajstić information content (AvgIpc) is 3.41. The Morgan fingerprint density at radius 1 is 0.280 bits per heavy atom. The maximum Gasteiger partial charge on any atom is 0.306 e. The molecule has 0 fully saturated rings. The molecule has 6 nitrogen and oxygen atoms in total. The molecule has 0 bridgehead atoms. The van der Waals surface area contributed by atoms with Gasteiger partial charge in [-0.1, -0.05) is 264 Å². The number of allylic oxidation sites excluding steroid dienone is 22. The molecule has 0 aliphatic carbocycles. The molecule has 0 aromatic heterocycles. The number of hydrogen-bond donors (Lipinski definition) is 0. The lowest BCUT2D eigenvalue weighted by atomic mass is 10.0. The van der Waals surface area contributed by atoms with Crippen LogP contribution in [0.4, 0.5) is 0 Å². The van der Waals surface area contributed by atoms with E-state index in [4.69, 9.17) is 14.2 Å². The van der Waals surface area contributed by atoms with Gasteiger partial charge in [-0.05, 0) is 116 Å². The average molecular weight is 1040 g/mol. The highest BCUT2D eigenvalue weighted by Crippen LogP contribution is 2.15. The van der Waals surface area contributed by atoms with Crippen molar-refractivity contribution in [3.8, 4) is 0 Å². The summed E-state index contributed by atoms with van der Waals surface area (Å²) in [7, 11) is 0. The van der Waals surface area contributed by atoms with E-state index in [1.165, 1.54) is 89.9 Å². The first-order chi connectivity index (χ1) is 37.0. The number of esters is 3. The van der Waals surface area contributed by atoms with Crippen LogP contribution in [0.1, 0.15) is 265 Å². The molecule has 75 heavy (non-hydrogen) atoms. The van der Waals surface area contributed by atoms with Crippen LogP contribution in [0.5, 0.6) is 0 Å². The minimum atomic E-state index is -0.812. The lowest BCUT2D eigenvalue weighted by Crippen LogP contribution is -2.30. The molecular weight excluding hydrogens is 925 g/mol. The molecule has 1 atom stereocenters. The lowest BCUT2D eigenvalue weighted by Gasteiger charge is -2.18. The van der Waals surface area contributed by atoms with E-state index in [1.807, 2.05) is 0 Å². The normalized spacial score (nSPS) is 13.1. The second-order valence-corrected chi connectivity index (χ2v) is 19.9. The predicted molar refractivity (Wildman–Crippen MR) is 325 cm³/mol. The first-order valence-electron chi connectivity index (χ1n) is 30.7. The lowest BCUT2D eigenvalue weighted by molar-refractivity contribution is -0.167. The molecule has 6 heteroatoms. The van der Waals surface area contributed by atoms with Crippen molar-refractivity contribution in [1.82, 2.24) is 0 Å². The van der Waals surface area contributed by atoms with E-state index in [0.29, 0.717) is 25.7 Å². The summed E-state index contributed by atoms with van der Waals surface area (Å²) < 4.78 is 16.8. The third-order valence-electron chi connectivity index (χ3n) is 12.7. The molecule has 0 saturated carbocycles. The van der Waals surface area contributed by atoms with Crippen molar-refractivity contribution in [3.05, 3.63) is 134 Å². The first-order valence-corrected chi connectivity index (χ1v) is 30.7. The van der Waals surface area contributed by atoms with Crippen LogP contribution in [0.2, 0.25) is 0 Å². The van der Waals surface area contributed by atoms with Crippen molar-refractivity contribution in [1.29, 1.82) is 0 Å². The van der Waals surface area contributed by atoms with Crippen LogP contribution in [0.15, 0.2) is 134 Å². The van der Waals surface area contributed by atoms with Gasteiger partial charge in [0.1, 0.15) is 13.2 Å². The molecule has 0 spiro atoms. The second kappa shape index (κ2) is 62.1. The Labute approximate surface area is 462 Å². The molecule has 1 unspecified atom stereocenters. The third-order valence-corrected chi connectivity index (χ3v) is 12.7. The van der Waals surface area contributed by atoms with E-state index in [0.717, 1.165) is 128 Å². The maximum atomic E-state index is 12.9. The Morgan fingerprint density at radius 3 is 0.840 bits per heavy atom. The molecule has 0 aromatic carbocycles. The monoisotopic (exact) mass is 1040 g/mol. The topological polar surface area (TPSA) is 78.9 Å². The predicted octanol–water partition coefficient (Wildman–Crippen LogP) is 21.0. The van der Waals surface area contributed by atoms with E-state index in [9.17, 15) is 14.4 Å². The summed E-state index contributed by atoms with van der Waals surface area (Å²) in [5.41, 5.74) is 0. The fraction of sp³-hybridized carbons (Fsp3) is 0.638. The zero-order chi connectivity index (χ0) is 54.3. The highest BCUT2D eigenvalue weighted by Gasteiger charge is 2.19. The maximum absolute atomic E-state index is 12.9. The zero-order valence-electron chi connectivity index (χ0n) is 48.5. The first kappa shape index (κ1) is 70.5. The van der Waals surface area contributed by atoms with Crippen LogP contribution in [0.3, 0.4) is 0 Å². The van der Waals surface area contributed by atoms with Gasteiger partial charge in [0.05, 0.1) is 0 Å². The van der Waals surface area contributed by atoms with E-state index >= 15 is 0 Å². The van der Waals surface area contributed by atoms with E-state index in [-0.39, 0.29) is 31.1 Å². The molecule has 0 amide bonds. The molecule has 0 heterocycles. The Morgan fingerprint density at radius 2 is 0.520 bits per heavy atom.